The third-order valence-corrected chi connectivity index (χ3v) is 4.49. The van der Waals surface area contributed by atoms with E-state index in [0.29, 0.717) is 0 Å². The first-order valence-corrected chi connectivity index (χ1v) is 8.73. The van der Waals surface area contributed by atoms with Crippen LogP contribution in [-0.2, 0) is 5.41 Å². The molecule has 1 N–H and O–H groups in total. The lowest BCUT2D eigenvalue weighted by Crippen LogP contribution is -2.10. The molecule has 26 heavy (non-hydrogen) atoms. The average Bonchev–Trinajstić information content (AvgIpc) is 3.09. The molecular formula is C22H22N2O2. The standard InChI is InChI=1S/C22H22N2O2/c1-22(2,3)17-6-4-15(5-7-17)16-10-11-23-21(12-16)24-18-8-9-19-20(13-18)26-14-25-19/h4-13H,14H2,1-3H3,(H,23,24). The van der Waals surface area contributed by atoms with Crippen LogP contribution in [0.4, 0.5) is 11.5 Å². The van der Waals surface area contributed by atoms with Gasteiger partial charge in [0, 0.05) is 18.0 Å². The minimum Gasteiger partial charge on any atom is -0.454 e. The van der Waals surface area contributed by atoms with Crippen LogP contribution in [0.2, 0.25) is 0 Å². The molecule has 0 saturated carbocycles. The van der Waals surface area contributed by atoms with Crippen molar-refractivity contribution in [2.45, 2.75) is 26.2 Å². The molecule has 0 saturated heterocycles. The van der Waals surface area contributed by atoms with Crippen molar-refractivity contribution >= 4 is 11.5 Å². The fraction of sp³-hybridized carbons (Fsp3) is 0.227. The Bertz CT molecular complexity index is 928. The Morgan fingerprint density at radius 2 is 1.62 bits per heavy atom. The first-order chi connectivity index (χ1) is 12.5. The van der Waals surface area contributed by atoms with E-state index in [1.807, 2.05) is 30.5 Å². The molecular weight excluding hydrogens is 324 g/mol. The van der Waals surface area contributed by atoms with Gasteiger partial charge in [0.2, 0.25) is 6.79 Å². The molecule has 2 heterocycles. The van der Waals surface area contributed by atoms with E-state index in [0.717, 1.165) is 28.6 Å². The van der Waals surface area contributed by atoms with Crippen LogP contribution in [0.15, 0.2) is 60.8 Å². The summed E-state index contributed by atoms with van der Waals surface area (Å²) in [6.07, 6.45) is 1.82. The summed E-state index contributed by atoms with van der Waals surface area (Å²) in [5.41, 5.74) is 4.71. The molecule has 132 valence electrons. The van der Waals surface area contributed by atoms with Gasteiger partial charge in [-0.2, -0.15) is 0 Å². The highest BCUT2D eigenvalue weighted by molar-refractivity contribution is 5.69. The van der Waals surface area contributed by atoms with E-state index in [1.54, 1.807) is 0 Å². The zero-order valence-electron chi connectivity index (χ0n) is 15.2. The number of benzene rings is 2. The van der Waals surface area contributed by atoms with Crippen LogP contribution >= 0.6 is 0 Å². The normalized spacial score (nSPS) is 12.9. The Morgan fingerprint density at radius 3 is 2.38 bits per heavy atom. The fourth-order valence-electron chi connectivity index (χ4n) is 2.96. The van der Waals surface area contributed by atoms with Crippen LogP contribution in [0.3, 0.4) is 0 Å². The summed E-state index contributed by atoms with van der Waals surface area (Å²) in [6.45, 7) is 6.95. The minimum atomic E-state index is 0.156. The minimum absolute atomic E-state index is 0.156. The molecule has 0 unspecified atom stereocenters. The molecule has 2 aromatic carbocycles. The van der Waals surface area contributed by atoms with Gasteiger partial charge in [0.1, 0.15) is 5.82 Å². The second-order valence-electron chi connectivity index (χ2n) is 7.45. The second-order valence-corrected chi connectivity index (χ2v) is 7.45. The first kappa shape index (κ1) is 16.5. The largest absolute Gasteiger partial charge is 0.454 e. The van der Waals surface area contributed by atoms with Gasteiger partial charge in [-0.1, -0.05) is 45.0 Å². The molecule has 4 nitrogen and oxygen atoms in total. The zero-order valence-corrected chi connectivity index (χ0v) is 15.2. The molecule has 0 atom stereocenters. The molecule has 0 aliphatic carbocycles. The molecule has 0 spiro atoms. The van der Waals surface area contributed by atoms with Gasteiger partial charge in [-0.05, 0) is 46.4 Å². The summed E-state index contributed by atoms with van der Waals surface area (Å²) >= 11 is 0. The van der Waals surface area contributed by atoms with E-state index in [4.69, 9.17) is 9.47 Å². The van der Waals surface area contributed by atoms with E-state index in [1.165, 1.54) is 11.1 Å². The van der Waals surface area contributed by atoms with Crippen LogP contribution in [-0.4, -0.2) is 11.8 Å². The van der Waals surface area contributed by atoms with Gasteiger partial charge >= 0.3 is 0 Å². The molecule has 3 aromatic rings. The van der Waals surface area contributed by atoms with Gasteiger partial charge in [-0.25, -0.2) is 4.98 Å². The summed E-state index contributed by atoms with van der Waals surface area (Å²) in [5, 5.41) is 3.33. The lowest BCUT2D eigenvalue weighted by molar-refractivity contribution is 0.174. The van der Waals surface area contributed by atoms with Gasteiger partial charge in [0.05, 0.1) is 0 Å². The number of anilines is 2. The summed E-state index contributed by atoms with van der Waals surface area (Å²) in [5.74, 6) is 2.32. The Labute approximate surface area is 153 Å². The van der Waals surface area contributed by atoms with Crippen molar-refractivity contribution < 1.29 is 9.47 Å². The van der Waals surface area contributed by atoms with Crippen molar-refractivity contribution in [2.24, 2.45) is 0 Å². The van der Waals surface area contributed by atoms with Gasteiger partial charge in [0.15, 0.2) is 11.5 Å². The van der Waals surface area contributed by atoms with E-state index < -0.39 is 0 Å². The summed E-state index contributed by atoms with van der Waals surface area (Å²) in [4.78, 5) is 4.43. The van der Waals surface area contributed by atoms with Crippen molar-refractivity contribution in [3.05, 3.63) is 66.4 Å². The lowest BCUT2D eigenvalue weighted by atomic mass is 9.86. The molecule has 0 fully saturated rings. The summed E-state index contributed by atoms with van der Waals surface area (Å²) in [6, 6.07) is 18.6. The van der Waals surface area contributed by atoms with Crippen molar-refractivity contribution in [2.75, 3.05) is 12.1 Å². The Hall–Kier alpha value is -3.01. The summed E-state index contributed by atoms with van der Waals surface area (Å²) in [7, 11) is 0. The highest BCUT2D eigenvalue weighted by Crippen LogP contribution is 2.35. The molecule has 0 amide bonds. The fourth-order valence-corrected chi connectivity index (χ4v) is 2.96. The average molecular weight is 346 g/mol. The first-order valence-electron chi connectivity index (χ1n) is 8.73. The number of rotatable bonds is 3. The topological polar surface area (TPSA) is 43.4 Å². The number of hydrogen-bond acceptors (Lipinski definition) is 4. The maximum Gasteiger partial charge on any atom is 0.231 e. The second kappa shape index (κ2) is 6.37. The van der Waals surface area contributed by atoms with E-state index in [-0.39, 0.29) is 12.2 Å². The van der Waals surface area contributed by atoms with Crippen LogP contribution < -0.4 is 14.8 Å². The van der Waals surface area contributed by atoms with Gasteiger partial charge in [-0.3, -0.25) is 0 Å². The Morgan fingerprint density at radius 1 is 0.846 bits per heavy atom. The van der Waals surface area contributed by atoms with Gasteiger partial charge in [0.25, 0.3) is 0 Å². The monoisotopic (exact) mass is 346 g/mol. The van der Waals surface area contributed by atoms with Gasteiger partial charge in [-0.15, -0.1) is 0 Å². The predicted molar refractivity (Wildman–Crippen MR) is 104 cm³/mol. The quantitative estimate of drug-likeness (QED) is 0.678. The Balaban J connectivity index is 1.57. The number of aromatic nitrogens is 1. The van der Waals surface area contributed by atoms with Crippen LogP contribution in [0.25, 0.3) is 11.1 Å². The number of pyridine rings is 1. The van der Waals surface area contributed by atoms with Gasteiger partial charge < -0.3 is 14.8 Å². The summed E-state index contributed by atoms with van der Waals surface area (Å²) < 4.78 is 10.8. The molecule has 1 aromatic heterocycles. The van der Waals surface area contributed by atoms with E-state index in [9.17, 15) is 0 Å². The zero-order chi connectivity index (χ0) is 18.1. The smallest absolute Gasteiger partial charge is 0.231 e. The maximum absolute atomic E-state index is 5.43. The van der Waals surface area contributed by atoms with Crippen molar-refractivity contribution in [3.8, 4) is 22.6 Å². The molecule has 0 bridgehead atoms. The molecule has 4 rings (SSSR count). The van der Waals surface area contributed by atoms with E-state index in [2.05, 4.69) is 61.4 Å². The number of ether oxygens (including phenoxy) is 2. The number of nitrogens with zero attached hydrogens (tertiary/aromatic N) is 1. The number of fused-ring (bicyclic) bond motifs is 1. The maximum atomic E-state index is 5.43. The Kier molecular flexibility index (Phi) is 4.03. The molecule has 0 radical (unpaired) electrons. The SMILES string of the molecule is CC(C)(C)c1ccc(-c2ccnc(Nc3ccc4c(c3)OCO4)c2)cc1. The van der Waals surface area contributed by atoms with E-state index >= 15 is 0 Å². The number of hydrogen-bond donors (Lipinski definition) is 1. The molecule has 1 aliphatic rings. The molecule has 4 heteroatoms. The van der Waals surface area contributed by atoms with Crippen molar-refractivity contribution in [1.29, 1.82) is 0 Å². The third kappa shape index (κ3) is 3.36. The van der Waals surface area contributed by atoms with Crippen LogP contribution in [0, 0.1) is 0 Å². The van der Waals surface area contributed by atoms with Crippen molar-refractivity contribution in [3.63, 3.8) is 0 Å². The lowest BCUT2D eigenvalue weighted by Gasteiger charge is -2.19. The number of nitrogens with one attached hydrogen (secondary N) is 1. The highest BCUT2D eigenvalue weighted by Gasteiger charge is 2.14. The molecule has 1 aliphatic heterocycles. The predicted octanol–water partition coefficient (Wildman–Crippen LogP) is 5.52. The van der Waals surface area contributed by atoms with Crippen molar-refractivity contribution in [1.82, 2.24) is 4.98 Å². The van der Waals surface area contributed by atoms with Crippen LogP contribution in [0.5, 0.6) is 11.5 Å². The van der Waals surface area contributed by atoms with Crippen LogP contribution in [0.1, 0.15) is 26.3 Å². The third-order valence-electron chi connectivity index (χ3n) is 4.49. The highest BCUT2D eigenvalue weighted by atomic mass is 16.7.